The number of nitrogens with one attached hydrogen (secondary N) is 1. The fourth-order valence-corrected chi connectivity index (χ4v) is 10.1. The van der Waals surface area contributed by atoms with Crippen molar-refractivity contribution in [3.8, 4) is 17.5 Å². The molecule has 1 fully saturated rings. The number of benzene rings is 1. The first-order valence-corrected chi connectivity index (χ1v) is 29.2. The number of nitrogens with two attached hydrogens (primary N) is 1. The molecule has 0 aliphatic carbocycles. The minimum atomic E-state index is -2.66. The number of Topliss-reactive ketones (excluding diaryl/α,β-unsaturated/α-hetero) is 3. The summed E-state index contributed by atoms with van der Waals surface area (Å²) in [5, 5.41) is 23.3. The number of methoxy groups -OCH3 is 2. The number of rotatable bonds is 40. The second-order valence-electron chi connectivity index (χ2n) is 20.1. The van der Waals surface area contributed by atoms with Gasteiger partial charge in [0.15, 0.2) is 11.5 Å². The standard InChI is InChI=1S/C52H83N14O13P/c1-38(67)21-25-64-36-40(58-59-64)19-20-42(69)15-10-9-13-23-54-48(71)33-39(43-34-45(76-6)46(77-7)35-44(43)66(73)74)22-24-61(4)49(72)18-12-11-16-41(68)17-14-30-78-31-32-79-52-56-50(62(5)37-47(53)70)55-51(57-52)63-26-28-65(29-27-63)80(8,75)60(2)3/h34-36,39H,9-33,37H2,1-8H3,(H2,53,70)(H,54,71). The maximum Gasteiger partial charge on any atom is 0.323 e. The van der Waals surface area contributed by atoms with Crippen LogP contribution in [0.1, 0.15) is 114 Å². The normalized spacial score (nSPS) is 13.8. The summed E-state index contributed by atoms with van der Waals surface area (Å²) in [5.41, 5.74) is 6.14. The summed E-state index contributed by atoms with van der Waals surface area (Å²) in [7, 11) is 6.98. The first-order chi connectivity index (χ1) is 38.1. The van der Waals surface area contributed by atoms with Crippen molar-refractivity contribution in [2.45, 2.75) is 116 Å². The number of ketones is 3. The molecule has 3 amide bonds. The molecule has 2 atom stereocenters. The van der Waals surface area contributed by atoms with Gasteiger partial charge in [0.05, 0.1) is 44.1 Å². The van der Waals surface area contributed by atoms with Crippen LogP contribution in [-0.2, 0) is 51.0 Å². The van der Waals surface area contributed by atoms with Crippen LogP contribution >= 0.6 is 7.44 Å². The summed E-state index contributed by atoms with van der Waals surface area (Å²) in [6.45, 7) is 6.82. The van der Waals surface area contributed by atoms with E-state index in [9.17, 15) is 43.4 Å². The fourth-order valence-electron chi connectivity index (χ4n) is 8.70. The van der Waals surface area contributed by atoms with Crippen LogP contribution in [0.15, 0.2) is 18.3 Å². The van der Waals surface area contributed by atoms with Crippen molar-refractivity contribution in [1.82, 2.24) is 49.5 Å². The first kappa shape index (κ1) is 65.8. The quantitative estimate of drug-likeness (QED) is 0.0352. The van der Waals surface area contributed by atoms with Crippen LogP contribution in [0.25, 0.3) is 0 Å². The predicted molar refractivity (Wildman–Crippen MR) is 298 cm³/mol. The van der Waals surface area contributed by atoms with Gasteiger partial charge in [-0.05, 0) is 72.0 Å². The molecule has 2 aromatic heterocycles. The van der Waals surface area contributed by atoms with Crippen LogP contribution in [0.4, 0.5) is 17.6 Å². The highest BCUT2D eigenvalue weighted by Gasteiger charge is 2.33. The zero-order valence-corrected chi connectivity index (χ0v) is 48.8. The Balaban J connectivity index is 1.17. The Kier molecular flexibility index (Phi) is 27.8. The van der Waals surface area contributed by atoms with Crippen molar-refractivity contribution in [2.24, 2.45) is 5.73 Å². The van der Waals surface area contributed by atoms with Crippen molar-refractivity contribution in [1.29, 1.82) is 0 Å². The van der Waals surface area contributed by atoms with Crippen LogP contribution in [-0.4, -0.2) is 199 Å². The lowest BCUT2D eigenvalue weighted by Crippen LogP contribution is -2.47. The van der Waals surface area contributed by atoms with E-state index in [4.69, 9.17) is 24.7 Å². The van der Waals surface area contributed by atoms with Crippen LogP contribution in [0.2, 0.25) is 0 Å². The van der Waals surface area contributed by atoms with Gasteiger partial charge in [0, 0.05) is 136 Å². The molecule has 3 heterocycles. The zero-order valence-electron chi connectivity index (χ0n) is 47.9. The number of hydrogen-bond acceptors (Lipinski definition) is 20. The van der Waals surface area contributed by atoms with Crippen molar-refractivity contribution in [3.63, 3.8) is 0 Å². The van der Waals surface area contributed by atoms with E-state index in [1.54, 1.807) is 50.4 Å². The van der Waals surface area contributed by atoms with Crippen LogP contribution in [0.3, 0.4) is 0 Å². The molecule has 0 radical (unpaired) electrons. The van der Waals surface area contributed by atoms with Gasteiger partial charge in [-0.15, -0.1) is 5.10 Å². The van der Waals surface area contributed by atoms with Gasteiger partial charge in [-0.3, -0.25) is 48.1 Å². The molecule has 3 N–H and O–H groups in total. The van der Waals surface area contributed by atoms with Gasteiger partial charge >= 0.3 is 6.01 Å². The van der Waals surface area contributed by atoms with Gasteiger partial charge in [-0.1, -0.05) is 11.6 Å². The minimum Gasteiger partial charge on any atom is -0.493 e. The molecule has 3 aromatic rings. The van der Waals surface area contributed by atoms with E-state index in [1.165, 1.54) is 43.1 Å². The molecule has 1 saturated heterocycles. The van der Waals surface area contributed by atoms with Gasteiger partial charge in [0.1, 0.15) is 24.0 Å². The lowest BCUT2D eigenvalue weighted by molar-refractivity contribution is -0.385. The largest absolute Gasteiger partial charge is 0.493 e. The van der Waals surface area contributed by atoms with E-state index in [-0.39, 0.29) is 109 Å². The molecule has 0 bridgehead atoms. The fraction of sp³-hybridized carbons (Fsp3) is 0.673. The molecule has 444 valence electrons. The van der Waals surface area contributed by atoms with Gasteiger partial charge in [0.25, 0.3) is 5.69 Å². The number of unbranched alkanes of at least 4 members (excludes halogenated alkanes) is 3. The van der Waals surface area contributed by atoms with Crippen molar-refractivity contribution < 1.29 is 57.2 Å². The van der Waals surface area contributed by atoms with Crippen molar-refractivity contribution in [2.75, 3.05) is 125 Å². The summed E-state index contributed by atoms with van der Waals surface area (Å²) >= 11 is 0. The Morgan fingerprint density at radius 3 is 2.16 bits per heavy atom. The SMILES string of the molecule is COc1cc(C(CCN(C)C(=O)CCCCC(=O)CCCOCCOc2nc(N(C)CC(N)=O)nc(N3CCN(P(C)(=O)N(C)C)CC3)n2)CC(=O)NCCCCCC(=O)CCc2cn(CCC(C)=O)nn2)c([N+](=O)[O-])cc1OC. The van der Waals surface area contributed by atoms with E-state index in [0.29, 0.717) is 135 Å². The van der Waals surface area contributed by atoms with Crippen LogP contribution < -0.4 is 35.1 Å². The van der Waals surface area contributed by atoms with E-state index in [2.05, 4.69) is 30.6 Å². The molecule has 0 spiro atoms. The maximum absolute atomic E-state index is 13.4. The summed E-state index contributed by atoms with van der Waals surface area (Å²) in [5.74, 6) is -0.549. The highest BCUT2D eigenvalue weighted by Crippen LogP contribution is 2.48. The molecule has 1 aliphatic rings. The summed E-state index contributed by atoms with van der Waals surface area (Å²) in [6, 6.07) is 2.81. The Labute approximate surface area is 468 Å². The first-order valence-electron chi connectivity index (χ1n) is 27.2. The number of nitro benzene ring substituents is 1. The average Bonchev–Trinajstić information content (AvgIpc) is 3.92. The molecular formula is C52H83N14O13P. The minimum absolute atomic E-state index is 0.0372. The molecule has 27 nitrogen and oxygen atoms in total. The number of piperazine rings is 1. The van der Waals surface area contributed by atoms with E-state index < -0.39 is 24.2 Å². The molecule has 4 rings (SSSR count). The van der Waals surface area contributed by atoms with E-state index in [1.807, 2.05) is 9.57 Å². The number of aromatic nitrogens is 6. The predicted octanol–water partition coefficient (Wildman–Crippen LogP) is 4.00. The maximum atomic E-state index is 13.4. The van der Waals surface area contributed by atoms with Crippen molar-refractivity contribution in [3.05, 3.63) is 39.7 Å². The number of anilines is 2. The Hall–Kier alpha value is -6.70. The number of carbonyl (C=O) groups is 6. The second-order valence-corrected chi connectivity index (χ2v) is 23.2. The molecule has 28 heteroatoms. The van der Waals surface area contributed by atoms with Gasteiger partial charge < -0.3 is 44.7 Å². The van der Waals surface area contributed by atoms with Gasteiger partial charge in [0.2, 0.25) is 37.1 Å². The number of hydrogen-bond donors (Lipinski definition) is 2. The molecular weight excluding hydrogens is 1060 g/mol. The number of amides is 3. The van der Waals surface area contributed by atoms with Crippen LogP contribution in [0.5, 0.6) is 17.5 Å². The lowest BCUT2D eigenvalue weighted by Gasteiger charge is -2.39. The summed E-state index contributed by atoms with van der Waals surface area (Å²) in [4.78, 5) is 105. The molecule has 1 aromatic carbocycles. The Bertz CT molecular complexity index is 2580. The number of nitro groups is 1. The number of ether oxygens (including phenoxy) is 4. The van der Waals surface area contributed by atoms with Crippen LogP contribution in [0, 0.1) is 10.1 Å². The average molecular weight is 1140 g/mol. The number of likely N-dealkylation sites (N-methyl/N-ethyl adjacent to an activating group) is 1. The van der Waals surface area contributed by atoms with Gasteiger partial charge in [-0.2, -0.15) is 15.0 Å². The topological polar surface area (TPSA) is 323 Å². The lowest BCUT2D eigenvalue weighted by atomic mass is 9.90. The highest BCUT2D eigenvalue weighted by atomic mass is 31.2. The monoisotopic (exact) mass is 1140 g/mol. The number of nitrogens with zero attached hydrogens (tertiary/aromatic N) is 12. The number of carbonyl (C=O) groups excluding carboxylic acids is 6. The molecule has 0 saturated carbocycles. The number of aryl methyl sites for hydroxylation is 2. The molecule has 80 heavy (non-hydrogen) atoms. The second kappa shape index (κ2) is 33.8. The van der Waals surface area contributed by atoms with Crippen molar-refractivity contribution >= 4 is 60.1 Å². The van der Waals surface area contributed by atoms with Gasteiger partial charge in [-0.25, -0.2) is 9.34 Å². The van der Waals surface area contributed by atoms with E-state index >= 15 is 0 Å². The molecule has 1 aliphatic heterocycles. The Morgan fingerprint density at radius 1 is 0.838 bits per heavy atom. The smallest absolute Gasteiger partial charge is 0.323 e. The summed E-state index contributed by atoms with van der Waals surface area (Å²) < 4.78 is 40.8. The Morgan fingerprint density at radius 2 is 1.50 bits per heavy atom. The third kappa shape index (κ3) is 22.4. The third-order valence-electron chi connectivity index (χ3n) is 13.7. The number of primary amides is 1. The molecule has 2 unspecified atom stereocenters. The highest BCUT2D eigenvalue weighted by molar-refractivity contribution is 7.58. The third-order valence-corrected chi connectivity index (χ3v) is 16.6. The summed E-state index contributed by atoms with van der Waals surface area (Å²) in [6.07, 6.45) is 7.65. The van der Waals surface area contributed by atoms with E-state index in [0.717, 1.165) is 0 Å². The zero-order chi connectivity index (χ0) is 58.8.